The molecule has 0 aliphatic rings. The van der Waals surface area contributed by atoms with Gasteiger partial charge in [0.2, 0.25) is 17.8 Å². The maximum absolute atomic E-state index is 12.4. The zero-order chi connectivity index (χ0) is 27.6. The molecule has 10 nitrogen and oxygen atoms in total. The van der Waals surface area contributed by atoms with Crippen molar-refractivity contribution in [3.05, 3.63) is 23.9 Å². The first-order chi connectivity index (χ1) is 17.6. The molecule has 0 saturated carbocycles. The molecule has 206 valence electrons. The molecule has 3 N–H and O–H groups in total. The van der Waals surface area contributed by atoms with Gasteiger partial charge in [-0.2, -0.15) is 4.98 Å². The second kappa shape index (κ2) is 18.1. The second-order valence-corrected chi connectivity index (χ2v) is 9.45. The van der Waals surface area contributed by atoms with Crippen molar-refractivity contribution in [3.63, 3.8) is 0 Å². The first-order valence-corrected chi connectivity index (χ1v) is 13.0. The Bertz CT molecular complexity index is 921. The average molecular weight is 515 g/mol. The Kier molecular flexibility index (Phi) is 15.6. The Labute approximate surface area is 223 Å². The molecule has 2 amide bonds. The molecule has 1 rings (SSSR count). The van der Waals surface area contributed by atoms with Crippen LogP contribution >= 0.6 is 0 Å². The highest BCUT2D eigenvalue weighted by atomic mass is 16.2. The van der Waals surface area contributed by atoms with E-state index in [0.717, 1.165) is 43.9 Å². The lowest BCUT2D eigenvalue weighted by Gasteiger charge is -2.23. The molecule has 10 heteroatoms. The molecule has 37 heavy (non-hydrogen) atoms. The van der Waals surface area contributed by atoms with E-state index in [4.69, 9.17) is 0 Å². The van der Waals surface area contributed by atoms with E-state index in [9.17, 15) is 9.59 Å². The van der Waals surface area contributed by atoms with Gasteiger partial charge in [-0.15, -0.1) is 0 Å². The van der Waals surface area contributed by atoms with E-state index in [1.807, 2.05) is 19.0 Å². The summed E-state index contributed by atoms with van der Waals surface area (Å²) < 4.78 is 0. The molecule has 1 aromatic heterocycles. The van der Waals surface area contributed by atoms with Gasteiger partial charge >= 0.3 is 0 Å². The normalized spacial score (nSPS) is 11.8. The van der Waals surface area contributed by atoms with E-state index in [2.05, 4.69) is 63.7 Å². The van der Waals surface area contributed by atoms with E-state index < -0.39 is 6.04 Å². The molecule has 0 aliphatic carbocycles. The molecule has 0 saturated heterocycles. The second-order valence-electron chi connectivity index (χ2n) is 9.45. The van der Waals surface area contributed by atoms with Gasteiger partial charge in [-0.05, 0) is 60.9 Å². The first-order valence-electron chi connectivity index (χ1n) is 13.0. The Hall–Kier alpha value is -3.16. The fraction of sp³-hybridized carbons (Fsp3) is 0.630. The Morgan fingerprint density at radius 1 is 1.05 bits per heavy atom. The van der Waals surface area contributed by atoms with Crippen molar-refractivity contribution in [3.8, 4) is 11.8 Å². The van der Waals surface area contributed by atoms with Crippen molar-refractivity contribution in [1.82, 2.24) is 30.0 Å². The molecule has 1 aromatic rings. The number of nitrogens with one attached hydrogen (secondary N) is 3. The van der Waals surface area contributed by atoms with Crippen molar-refractivity contribution in [1.29, 1.82) is 0 Å². The highest BCUT2D eigenvalue weighted by Gasteiger charge is 2.20. The highest BCUT2D eigenvalue weighted by molar-refractivity contribution is 5.92. The number of hydrogen-bond donors (Lipinski definition) is 3. The smallest absolute Gasteiger partial charge is 0.246 e. The monoisotopic (exact) mass is 514 g/mol. The van der Waals surface area contributed by atoms with Crippen LogP contribution in [0, 0.1) is 11.8 Å². The average Bonchev–Trinajstić information content (AvgIpc) is 2.86. The first kappa shape index (κ1) is 31.9. The molecule has 0 unspecified atom stereocenters. The lowest BCUT2D eigenvalue weighted by molar-refractivity contribution is -0.135. The fourth-order valence-corrected chi connectivity index (χ4v) is 3.07. The largest absolute Gasteiger partial charge is 0.369 e. The SMILES string of the molecule is CCCNc1nc(NCCCN(C)C)ncc1C#CCCCNC(=O)[C@H](C)N(C)C(=O)C=CCN(C)C. The van der Waals surface area contributed by atoms with E-state index >= 15 is 0 Å². The lowest BCUT2D eigenvalue weighted by atomic mass is 10.2. The molecular formula is C27H46N8O2. The topological polar surface area (TPSA) is 106 Å². The van der Waals surface area contributed by atoms with Crippen molar-refractivity contribution in [2.75, 3.05) is 78.6 Å². The number of amides is 2. The van der Waals surface area contributed by atoms with Crippen LogP contribution in [-0.4, -0.2) is 110 Å². The third-order valence-electron chi connectivity index (χ3n) is 5.44. The highest BCUT2D eigenvalue weighted by Crippen LogP contribution is 2.13. The summed E-state index contributed by atoms with van der Waals surface area (Å²) in [6.45, 7) is 7.59. The summed E-state index contributed by atoms with van der Waals surface area (Å²) in [6.07, 6.45) is 8.34. The van der Waals surface area contributed by atoms with Gasteiger partial charge < -0.3 is 30.7 Å². The summed E-state index contributed by atoms with van der Waals surface area (Å²) in [5, 5.41) is 9.49. The van der Waals surface area contributed by atoms with E-state index in [1.54, 1.807) is 26.2 Å². The summed E-state index contributed by atoms with van der Waals surface area (Å²) >= 11 is 0. The van der Waals surface area contributed by atoms with Gasteiger partial charge in [0.1, 0.15) is 11.9 Å². The summed E-state index contributed by atoms with van der Waals surface area (Å²) in [5.74, 6) is 7.26. The standard InChI is InChI=1S/C27H46N8O2/c1-8-16-28-25-23(21-31-27(32-25)30-18-13-20-34(5)6)14-10-9-11-17-29-26(37)22(2)35(7)24(36)15-12-19-33(3)4/h12,15,21-22H,8-9,11,13,16-20H2,1-7H3,(H,29,37)(H2,28,30,31,32)/t22-/m0/s1. The van der Waals surface area contributed by atoms with Gasteiger partial charge in [-0.3, -0.25) is 9.59 Å². The Balaban J connectivity index is 2.53. The minimum absolute atomic E-state index is 0.182. The quantitative estimate of drug-likeness (QED) is 0.174. The zero-order valence-corrected chi connectivity index (χ0v) is 23.7. The van der Waals surface area contributed by atoms with Crippen LogP contribution in [0.1, 0.15) is 45.1 Å². The molecule has 0 bridgehead atoms. The molecule has 0 spiro atoms. The number of carbonyl (C=O) groups is 2. The van der Waals surface area contributed by atoms with Crippen molar-refractivity contribution >= 4 is 23.6 Å². The summed E-state index contributed by atoms with van der Waals surface area (Å²) in [6, 6.07) is -0.554. The minimum atomic E-state index is -0.554. The van der Waals surface area contributed by atoms with Crippen molar-refractivity contribution in [2.24, 2.45) is 0 Å². The van der Waals surface area contributed by atoms with Crippen molar-refractivity contribution in [2.45, 2.75) is 45.6 Å². The van der Waals surface area contributed by atoms with E-state index in [0.29, 0.717) is 31.9 Å². The third kappa shape index (κ3) is 13.6. The molecule has 0 aromatic carbocycles. The van der Waals surface area contributed by atoms with Gasteiger partial charge in [0.05, 0.1) is 11.8 Å². The Morgan fingerprint density at radius 2 is 1.81 bits per heavy atom. The predicted octanol–water partition coefficient (Wildman–Crippen LogP) is 1.87. The molecule has 0 radical (unpaired) electrons. The van der Waals surface area contributed by atoms with Crippen LogP contribution in [-0.2, 0) is 9.59 Å². The van der Waals surface area contributed by atoms with E-state index in [-0.39, 0.29) is 11.8 Å². The maximum atomic E-state index is 12.4. The molecule has 0 aliphatic heterocycles. The molecule has 1 atom stereocenters. The van der Waals surface area contributed by atoms with Crippen LogP contribution in [0.2, 0.25) is 0 Å². The van der Waals surface area contributed by atoms with Crippen LogP contribution in [0.25, 0.3) is 0 Å². The number of anilines is 2. The number of likely N-dealkylation sites (N-methyl/N-ethyl adjacent to an activating group) is 2. The van der Waals surface area contributed by atoms with Gasteiger partial charge in [-0.25, -0.2) is 4.98 Å². The van der Waals surface area contributed by atoms with Gasteiger partial charge in [0.25, 0.3) is 0 Å². The van der Waals surface area contributed by atoms with Crippen molar-refractivity contribution < 1.29 is 9.59 Å². The third-order valence-corrected chi connectivity index (χ3v) is 5.44. The number of hydrogen-bond acceptors (Lipinski definition) is 8. The summed E-state index contributed by atoms with van der Waals surface area (Å²) in [5.41, 5.74) is 0.757. The number of unbranched alkanes of at least 4 members (excludes halogenated alkanes) is 1. The number of nitrogens with zero attached hydrogens (tertiary/aromatic N) is 5. The lowest BCUT2D eigenvalue weighted by Crippen LogP contribution is -2.45. The number of rotatable bonds is 16. The number of aromatic nitrogens is 2. The molecule has 1 heterocycles. The molecular weight excluding hydrogens is 468 g/mol. The van der Waals surface area contributed by atoms with Crippen LogP contribution in [0.4, 0.5) is 11.8 Å². The van der Waals surface area contributed by atoms with Crippen LogP contribution in [0.3, 0.4) is 0 Å². The molecule has 0 fully saturated rings. The fourth-order valence-electron chi connectivity index (χ4n) is 3.07. The van der Waals surface area contributed by atoms with Gasteiger partial charge in [0.15, 0.2) is 0 Å². The summed E-state index contributed by atoms with van der Waals surface area (Å²) in [7, 11) is 9.60. The van der Waals surface area contributed by atoms with Gasteiger partial charge in [-0.1, -0.05) is 24.8 Å². The predicted molar refractivity (Wildman–Crippen MR) is 152 cm³/mol. The van der Waals surface area contributed by atoms with Gasteiger partial charge in [0, 0.05) is 45.7 Å². The minimum Gasteiger partial charge on any atom is -0.369 e. The van der Waals surface area contributed by atoms with E-state index in [1.165, 1.54) is 11.0 Å². The van der Waals surface area contributed by atoms with Crippen LogP contribution < -0.4 is 16.0 Å². The summed E-state index contributed by atoms with van der Waals surface area (Å²) in [4.78, 5) is 39.2. The van der Waals surface area contributed by atoms with Crippen LogP contribution in [0.5, 0.6) is 0 Å². The maximum Gasteiger partial charge on any atom is 0.246 e. The Morgan fingerprint density at radius 3 is 2.49 bits per heavy atom. The zero-order valence-electron chi connectivity index (χ0n) is 23.7. The van der Waals surface area contributed by atoms with Crippen LogP contribution in [0.15, 0.2) is 18.3 Å². The number of carbonyl (C=O) groups excluding carboxylic acids is 2.